The fourth-order valence-electron chi connectivity index (χ4n) is 2.49. The molecule has 0 aliphatic heterocycles. The lowest BCUT2D eigenvalue weighted by Crippen LogP contribution is -2.51. The van der Waals surface area contributed by atoms with Gasteiger partial charge in [-0.3, -0.25) is 20.4 Å². The summed E-state index contributed by atoms with van der Waals surface area (Å²) >= 11 is 0. The van der Waals surface area contributed by atoms with E-state index in [1.165, 1.54) is 19.2 Å². The van der Waals surface area contributed by atoms with Gasteiger partial charge in [0, 0.05) is 7.05 Å². The number of aryl methyl sites for hydroxylation is 1. The number of sulfonamides is 1. The highest BCUT2D eigenvalue weighted by Gasteiger charge is 2.30. The van der Waals surface area contributed by atoms with Crippen LogP contribution in [0.2, 0.25) is 0 Å². The van der Waals surface area contributed by atoms with Gasteiger partial charge in [-0.1, -0.05) is 48.0 Å². The number of nitrogens with zero attached hydrogens (tertiary/aromatic N) is 1. The lowest BCUT2D eigenvalue weighted by Gasteiger charge is -2.24. The Bertz CT molecular complexity index is 939. The molecule has 7 nitrogen and oxygen atoms in total. The number of hydrazine groups is 1. The highest BCUT2D eigenvalue weighted by Crippen LogP contribution is 2.22. The van der Waals surface area contributed by atoms with Gasteiger partial charge in [0.1, 0.15) is 0 Å². The van der Waals surface area contributed by atoms with Crippen LogP contribution >= 0.6 is 0 Å². The summed E-state index contributed by atoms with van der Waals surface area (Å²) in [6.07, 6.45) is 0. The first-order valence-electron chi connectivity index (χ1n) is 8.73. The monoisotopic (exact) mass is 403 g/mol. The molecule has 2 aromatic rings. The molecule has 0 radical (unpaired) electrons. The van der Waals surface area contributed by atoms with Gasteiger partial charge < -0.3 is 0 Å². The van der Waals surface area contributed by atoms with Crippen molar-refractivity contribution in [1.29, 1.82) is 0 Å². The fraction of sp³-hybridized carbons (Fsp3) is 0.300. The Kier molecular flexibility index (Phi) is 6.58. The van der Waals surface area contributed by atoms with E-state index in [4.69, 9.17) is 0 Å². The summed E-state index contributed by atoms with van der Waals surface area (Å²) in [7, 11) is -2.49. The minimum Gasteiger partial charge on any atom is -0.272 e. The number of carbonyl (C=O) groups is 2. The van der Waals surface area contributed by atoms with Crippen LogP contribution in [0.5, 0.6) is 0 Å². The Morgan fingerprint density at radius 1 is 0.964 bits per heavy atom. The molecule has 2 amide bonds. The number of likely N-dealkylation sites (N-methyl/N-ethyl adjacent to an activating group) is 1. The second kappa shape index (κ2) is 8.53. The van der Waals surface area contributed by atoms with E-state index < -0.39 is 33.8 Å². The maximum Gasteiger partial charge on any atom is 0.253 e. The van der Waals surface area contributed by atoms with E-state index >= 15 is 0 Å². The van der Waals surface area contributed by atoms with Crippen LogP contribution in [-0.4, -0.2) is 38.1 Å². The quantitative estimate of drug-likeness (QED) is 0.718. The first-order chi connectivity index (χ1) is 13.0. The summed E-state index contributed by atoms with van der Waals surface area (Å²) in [5.74, 6) is -1.05. The van der Waals surface area contributed by atoms with Crippen LogP contribution in [0, 0.1) is 6.92 Å². The molecule has 2 N–H and O–H groups in total. The molecule has 8 heteroatoms. The van der Waals surface area contributed by atoms with Crippen LogP contribution < -0.4 is 10.9 Å². The highest BCUT2D eigenvalue weighted by molar-refractivity contribution is 7.89. The first kappa shape index (κ1) is 21.6. The molecule has 28 heavy (non-hydrogen) atoms. The van der Waals surface area contributed by atoms with E-state index in [1.54, 1.807) is 26.0 Å². The van der Waals surface area contributed by atoms with Gasteiger partial charge >= 0.3 is 0 Å². The van der Waals surface area contributed by atoms with Crippen molar-refractivity contribution in [3.05, 3.63) is 65.7 Å². The van der Waals surface area contributed by atoms with Gasteiger partial charge in [-0.05, 0) is 38.5 Å². The standard InChI is InChI=1S/C20H25N3O4S/c1-15-10-12-17(13-11-15)28(26,27)23(4)14-18(24)21-22-19(25)20(2,3)16-8-6-5-7-9-16/h5-13H,14H2,1-4H3,(H,21,24)(H,22,25). The predicted molar refractivity (Wildman–Crippen MR) is 107 cm³/mol. The van der Waals surface area contributed by atoms with Crippen molar-refractivity contribution in [2.24, 2.45) is 0 Å². The van der Waals surface area contributed by atoms with Crippen molar-refractivity contribution in [3.8, 4) is 0 Å². The van der Waals surface area contributed by atoms with Crippen molar-refractivity contribution in [2.45, 2.75) is 31.1 Å². The molecule has 0 unspecified atom stereocenters. The van der Waals surface area contributed by atoms with E-state index in [1.807, 2.05) is 37.3 Å². The average molecular weight is 404 g/mol. The van der Waals surface area contributed by atoms with Crippen molar-refractivity contribution in [1.82, 2.24) is 15.2 Å². The van der Waals surface area contributed by atoms with Gasteiger partial charge in [-0.25, -0.2) is 8.42 Å². The van der Waals surface area contributed by atoms with Gasteiger partial charge in [0.05, 0.1) is 16.9 Å². The normalized spacial score (nSPS) is 11.9. The largest absolute Gasteiger partial charge is 0.272 e. The minimum atomic E-state index is -3.80. The minimum absolute atomic E-state index is 0.0997. The molecule has 0 atom stereocenters. The van der Waals surface area contributed by atoms with Crippen LogP contribution in [0.3, 0.4) is 0 Å². The molecule has 0 fully saturated rings. The maximum absolute atomic E-state index is 12.5. The summed E-state index contributed by atoms with van der Waals surface area (Å²) in [5, 5.41) is 0. The van der Waals surface area contributed by atoms with Gasteiger partial charge in [0.15, 0.2) is 0 Å². The van der Waals surface area contributed by atoms with Crippen LogP contribution in [0.4, 0.5) is 0 Å². The van der Waals surface area contributed by atoms with E-state index in [9.17, 15) is 18.0 Å². The molecule has 0 saturated heterocycles. The Hall–Kier alpha value is -2.71. The summed E-state index contributed by atoms with van der Waals surface area (Å²) < 4.78 is 26.0. The van der Waals surface area contributed by atoms with Crippen LogP contribution in [0.15, 0.2) is 59.5 Å². The summed E-state index contributed by atoms with van der Waals surface area (Å²) in [6.45, 7) is 4.89. The van der Waals surface area contributed by atoms with E-state index in [-0.39, 0.29) is 4.90 Å². The van der Waals surface area contributed by atoms with Gasteiger partial charge in [0.2, 0.25) is 15.9 Å². The predicted octanol–water partition coefficient (Wildman–Crippen LogP) is 1.74. The van der Waals surface area contributed by atoms with E-state index in [0.717, 1.165) is 15.4 Å². The number of nitrogens with one attached hydrogen (secondary N) is 2. The Morgan fingerprint density at radius 3 is 2.11 bits per heavy atom. The third kappa shape index (κ3) is 4.96. The second-order valence-electron chi connectivity index (χ2n) is 7.07. The molecule has 0 heterocycles. The number of hydrogen-bond donors (Lipinski definition) is 2. The molecule has 2 rings (SSSR count). The number of rotatable bonds is 6. The number of benzene rings is 2. The molecule has 0 spiro atoms. The van der Waals surface area contributed by atoms with Crippen LogP contribution in [0.1, 0.15) is 25.0 Å². The van der Waals surface area contributed by atoms with Crippen molar-refractivity contribution in [3.63, 3.8) is 0 Å². The lowest BCUT2D eigenvalue weighted by molar-refractivity contribution is -0.131. The Labute approximate surface area is 165 Å². The zero-order valence-corrected chi connectivity index (χ0v) is 17.2. The van der Waals surface area contributed by atoms with Crippen LogP contribution in [-0.2, 0) is 25.0 Å². The highest BCUT2D eigenvalue weighted by atomic mass is 32.2. The molecular formula is C20H25N3O4S. The molecule has 0 aliphatic carbocycles. The van der Waals surface area contributed by atoms with Gasteiger partial charge in [0.25, 0.3) is 5.91 Å². The zero-order valence-electron chi connectivity index (χ0n) is 16.4. The van der Waals surface area contributed by atoms with Crippen LogP contribution in [0.25, 0.3) is 0 Å². The van der Waals surface area contributed by atoms with E-state index in [0.29, 0.717) is 0 Å². The topological polar surface area (TPSA) is 95.6 Å². The fourth-order valence-corrected chi connectivity index (χ4v) is 3.61. The molecule has 0 aliphatic rings. The summed E-state index contributed by atoms with van der Waals surface area (Å²) in [6, 6.07) is 15.5. The smallest absolute Gasteiger partial charge is 0.253 e. The van der Waals surface area contributed by atoms with Crippen molar-refractivity contribution < 1.29 is 18.0 Å². The molecule has 0 bridgehead atoms. The first-order valence-corrected chi connectivity index (χ1v) is 10.2. The number of amides is 2. The summed E-state index contributed by atoms with van der Waals surface area (Å²) in [4.78, 5) is 24.7. The lowest BCUT2D eigenvalue weighted by atomic mass is 9.84. The molecule has 150 valence electrons. The van der Waals surface area contributed by atoms with Crippen molar-refractivity contribution in [2.75, 3.05) is 13.6 Å². The number of hydrogen-bond acceptors (Lipinski definition) is 4. The summed E-state index contributed by atoms with van der Waals surface area (Å²) in [5.41, 5.74) is 5.50. The maximum atomic E-state index is 12.5. The third-order valence-corrected chi connectivity index (χ3v) is 6.29. The molecular weight excluding hydrogens is 378 g/mol. The Morgan fingerprint density at radius 2 is 1.54 bits per heavy atom. The molecule has 2 aromatic carbocycles. The Balaban J connectivity index is 1.96. The third-order valence-electron chi connectivity index (χ3n) is 4.47. The van der Waals surface area contributed by atoms with Crippen molar-refractivity contribution >= 4 is 21.8 Å². The van der Waals surface area contributed by atoms with Gasteiger partial charge in [-0.2, -0.15) is 4.31 Å². The molecule has 0 aromatic heterocycles. The SMILES string of the molecule is Cc1ccc(S(=O)(=O)N(C)CC(=O)NNC(=O)C(C)(C)c2ccccc2)cc1. The second-order valence-corrected chi connectivity index (χ2v) is 9.11. The zero-order chi connectivity index (χ0) is 20.9. The molecule has 0 saturated carbocycles. The average Bonchev–Trinajstić information content (AvgIpc) is 2.67. The number of carbonyl (C=O) groups excluding carboxylic acids is 2. The van der Waals surface area contributed by atoms with E-state index in [2.05, 4.69) is 10.9 Å². The van der Waals surface area contributed by atoms with Gasteiger partial charge in [-0.15, -0.1) is 0 Å².